The monoisotopic (exact) mass is 430 g/mol. The second-order valence-corrected chi connectivity index (χ2v) is 9.30. The first-order valence-corrected chi connectivity index (χ1v) is 10.2. The SMILES string of the molecule is Cc1nn(C)c(C)c1[C@@H](NS(=O)(=O)c1ccc2c(c1)C(C)(C)C(=O)N2)C(F)(F)F. The van der Waals surface area contributed by atoms with Gasteiger partial charge in [-0.15, -0.1) is 0 Å². The summed E-state index contributed by atoms with van der Waals surface area (Å²) in [6.07, 6.45) is -4.88. The van der Waals surface area contributed by atoms with Gasteiger partial charge in [0.1, 0.15) is 6.04 Å². The van der Waals surface area contributed by atoms with E-state index in [1.807, 2.05) is 0 Å². The number of hydrogen-bond acceptors (Lipinski definition) is 4. The number of sulfonamides is 1. The zero-order valence-electron chi connectivity index (χ0n) is 16.5. The highest BCUT2D eigenvalue weighted by Crippen LogP contribution is 2.40. The summed E-state index contributed by atoms with van der Waals surface area (Å²) in [7, 11) is -3.06. The van der Waals surface area contributed by atoms with Crippen LogP contribution < -0.4 is 10.0 Å². The van der Waals surface area contributed by atoms with E-state index in [2.05, 4.69) is 10.4 Å². The van der Waals surface area contributed by atoms with Crippen LogP contribution in [0.2, 0.25) is 0 Å². The lowest BCUT2D eigenvalue weighted by atomic mass is 9.86. The number of halogens is 3. The van der Waals surface area contributed by atoms with Gasteiger partial charge in [0, 0.05) is 24.0 Å². The summed E-state index contributed by atoms with van der Waals surface area (Å²) in [5, 5.41) is 6.59. The fraction of sp³-hybridized carbons (Fsp3) is 0.444. The molecule has 11 heteroatoms. The van der Waals surface area contributed by atoms with Gasteiger partial charge in [-0.1, -0.05) is 0 Å². The summed E-state index contributed by atoms with van der Waals surface area (Å²) in [6, 6.07) is 1.31. The highest BCUT2D eigenvalue weighted by Gasteiger charge is 2.46. The Morgan fingerprint density at radius 1 is 1.24 bits per heavy atom. The third-order valence-electron chi connectivity index (χ3n) is 5.24. The minimum Gasteiger partial charge on any atom is -0.325 e. The van der Waals surface area contributed by atoms with Crippen molar-refractivity contribution in [3.63, 3.8) is 0 Å². The van der Waals surface area contributed by atoms with Crippen LogP contribution in [-0.4, -0.2) is 30.3 Å². The normalized spacial score (nSPS) is 17.2. The highest BCUT2D eigenvalue weighted by atomic mass is 32.2. The van der Waals surface area contributed by atoms with Gasteiger partial charge in [0.25, 0.3) is 0 Å². The second-order valence-electron chi connectivity index (χ2n) is 7.59. The lowest BCUT2D eigenvalue weighted by Gasteiger charge is -2.23. The summed E-state index contributed by atoms with van der Waals surface area (Å²) >= 11 is 0. The fourth-order valence-electron chi connectivity index (χ4n) is 3.44. The Kier molecular flexibility index (Phi) is 4.82. The Balaban J connectivity index is 2.06. The minimum atomic E-state index is -4.88. The molecule has 29 heavy (non-hydrogen) atoms. The zero-order chi connectivity index (χ0) is 21.9. The predicted octanol–water partition coefficient (Wildman–Crippen LogP) is 2.85. The van der Waals surface area contributed by atoms with Crippen LogP contribution in [0.3, 0.4) is 0 Å². The number of benzene rings is 1. The predicted molar refractivity (Wildman–Crippen MR) is 99.9 cm³/mol. The molecule has 2 heterocycles. The smallest absolute Gasteiger partial charge is 0.325 e. The molecule has 0 fully saturated rings. The number of carbonyl (C=O) groups is 1. The second kappa shape index (κ2) is 6.56. The van der Waals surface area contributed by atoms with Gasteiger partial charge in [-0.05, 0) is 51.5 Å². The van der Waals surface area contributed by atoms with Gasteiger partial charge in [0.05, 0.1) is 16.0 Å². The Morgan fingerprint density at radius 3 is 2.38 bits per heavy atom. The maximum atomic E-state index is 13.8. The van der Waals surface area contributed by atoms with Gasteiger partial charge in [0.2, 0.25) is 15.9 Å². The fourth-order valence-corrected chi connectivity index (χ4v) is 4.66. The molecule has 7 nitrogen and oxygen atoms in total. The van der Waals surface area contributed by atoms with Crippen LogP contribution in [0.25, 0.3) is 0 Å². The van der Waals surface area contributed by atoms with Gasteiger partial charge < -0.3 is 5.32 Å². The van der Waals surface area contributed by atoms with Gasteiger partial charge in [-0.2, -0.15) is 23.0 Å². The summed E-state index contributed by atoms with van der Waals surface area (Å²) in [5.41, 5.74) is -0.104. The molecule has 1 amide bonds. The summed E-state index contributed by atoms with van der Waals surface area (Å²) in [6.45, 7) is 6.06. The number of aromatic nitrogens is 2. The molecule has 1 aliphatic rings. The highest BCUT2D eigenvalue weighted by molar-refractivity contribution is 7.89. The van der Waals surface area contributed by atoms with Crippen molar-refractivity contribution in [2.24, 2.45) is 7.05 Å². The number of alkyl halides is 3. The first kappa shape index (κ1) is 21.3. The van der Waals surface area contributed by atoms with Gasteiger partial charge in [-0.25, -0.2) is 8.42 Å². The van der Waals surface area contributed by atoms with E-state index in [1.165, 1.54) is 43.8 Å². The van der Waals surface area contributed by atoms with Crippen molar-refractivity contribution in [3.05, 3.63) is 40.7 Å². The van der Waals surface area contributed by atoms with Crippen molar-refractivity contribution in [1.29, 1.82) is 0 Å². The van der Waals surface area contributed by atoms with Crippen LogP contribution in [-0.2, 0) is 27.3 Å². The van der Waals surface area contributed by atoms with Gasteiger partial charge in [-0.3, -0.25) is 9.48 Å². The number of nitrogens with one attached hydrogen (secondary N) is 2. The lowest BCUT2D eigenvalue weighted by Crippen LogP contribution is -2.38. The van der Waals surface area contributed by atoms with E-state index >= 15 is 0 Å². The average Bonchev–Trinajstić information content (AvgIpc) is 2.96. The number of rotatable bonds is 4. The molecule has 1 aromatic heterocycles. The molecule has 0 aliphatic carbocycles. The van der Waals surface area contributed by atoms with Crippen molar-refractivity contribution in [2.75, 3.05) is 5.32 Å². The number of nitrogens with zero attached hydrogens (tertiary/aromatic N) is 2. The summed E-state index contributed by atoms with van der Waals surface area (Å²) in [5.74, 6) is -0.315. The summed E-state index contributed by atoms with van der Waals surface area (Å²) in [4.78, 5) is 11.7. The molecular formula is C18H21F3N4O3S. The third-order valence-corrected chi connectivity index (χ3v) is 6.67. The maximum absolute atomic E-state index is 13.8. The Labute approximate surface area is 166 Å². The Bertz CT molecular complexity index is 1100. The average molecular weight is 430 g/mol. The standard InChI is InChI=1S/C18H21F3N4O3S/c1-9-14(10(2)25(5)23-9)15(18(19,20)21)24-29(27,28)11-6-7-13-12(8-11)17(3,4)16(26)22-13/h6-8,15,24H,1-5H3,(H,22,26)/t15-/m1/s1. The number of fused-ring (bicyclic) bond motifs is 1. The van der Waals surface area contributed by atoms with Crippen LogP contribution in [0.1, 0.15) is 42.4 Å². The molecule has 0 radical (unpaired) electrons. The molecular weight excluding hydrogens is 409 g/mol. The molecule has 0 unspecified atom stereocenters. The molecule has 2 aromatic rings. The van der Waals surface area contributed by atoms with Crippen LogP contribution in [0, 0.1) is 13.8 Å². The third kappa shape index (κ3) is 3.52. The van der Waals surface area contributed by atoms with Crippen molar-refractivity contribution in [2.45, 2.75) is 50.2 Å². The van der Waals surface area contributed by atoms with Crippen LogP contribution >= 0.6 is 0 Å². The number of hydrogen-bond donors (Lipinski definition) is 2. The number of anilines is 1. The molecule has 0 saturated carbocycles. The topological polar surface area (TPSA) is 93.1 Å². The first-order chi connectivity index (χ1) is 13.2. The van der Waals surface area contributed by atoms with Crippen LogP contribution in [0.5, 0.6) is 0 Å². The number of aryl methyl sites for hydroxylation is 2. The van der Waals surface area contributed by atoms with Crippen LogP contribution in [0.4, 0.5) is 18.9 Å². The first-order valence-electron chi connectivity index (χ1n) is 8.71. The minimum absolute atomic E-state index is 0.0832. The molecule has 0 saturated heterocycles. The summed E-state index contributed by atoms with van der Waals surface area (Å²) < 4.78 is 70.1. The molecule has 1 aliphatic heterocycles. The lowest BCUT2D eigenvalue weighted by molar-refractivity contribution is -0.153. The van der Waals surface area contributed by atoms with Gasteiger partial charge in [0.15, 0.2) is 0 Å². The molecule has 158 valence electrons. The van der Waals surface area contributed by atoms with E-state index in [1.54, 1.807) is 18.6 Å². The zero-order valence-corrected chi connectivity index (χ0v) is 17.3. The van der Waals surface area contributed by atoms with Gasteiger partial charge >= 0.3 is 6.18 Å². The molecule has 3 rings (SSSR count). The van der Waals surface area contributed by atoms with E-state index in [0.717, 1.165) is 0 Å². The Morgan fingerprint density at radius 2 is 1.86 bits per heavy atom. The molecule has 1 aromatic carbocycles. The van der Waals surface area contributed by atoms with E-state index < -0.39 is 27.7 Å². The molecule has 0 bridgehead atoms. The maximum Gasteiger partial charge on any atom is 0.409 e. The number of carbonyl (C=O) groups excluding carboxylic acids is 1. The van der Waals surface area contributed by atoms with E-state index in [9.17, 15) is 26.4 Å². The van der Waals surface area contributed by atoms with Crippen molar-refractivity contribution in [1.82, 2.24) is 14.5 Å². The molecule has 2 N–H and O–H groups in total. The van der Waals surface area contributed by atoms with Crippen molar-refractivity contribution >= 4 is 21.6 Å². The molecule has 0 spiro atoms. The van der Waals surface area contributed by atoms with E-state index in [0.29, 0.717) is 11.3 Å². The van der Waals surface area contributed by atoms with E-state index in [-0.39, 0.29) is 27.8 Å². The number of amides is 1. The quantitative estimate of drug-likeness (QED) is 0.780. The molecule has 1 atom stereocenters. The van der Waals surface area contributed by atoms with E-state index in [4.69, 9.17) is 0 Å². The largest absolute Gasteiger partial charge is 0.409 e. The van der Waals surface area contributed by atoms with Crippen LogP contribution in [0.15, 0.2) is 23.1 Å². The van der Waals surface area contributed by atoms with Crippen molar-refractivity contribution in [3.8, 4) is 0 Å². The Hall–Kier alpha value is -2.40. The van der Waals surface area contributed by atoms with Crippen molar-refractivity contribution < 1.29 is 26.4 Å².